The van der Waals surface area contributed by atoms with E-state index in [4.69, 9.17) is 9.15 Å². The number of benzene rings is 2. The number of nitro benzene ring substituents is 1. The van der Waals surface area contributed by atoms with Gasteiger partial charge < -0.3 is 14.5 Å². The van der Waals surface area contributed by atoms with Crippen molar-refractivity contribution in [3.63, 3.8) is 0 Å². The second kappa shape index (κ2) is 7.51. The van der Waals surface area contributed by atoms with E-state index in [1.807, 2.05) is 0 Å². The van der Waals surface area contributed by atoms with Gasteiger partial charge in [0.05, 0.1) is 4.92 Å². The highest BCUT2D eigenvalue weighted by atomic mass is 16.6. The van der Waals surface area contributed by atoms with Crippen LogP contribution in [0.5, 0.6) is 5.75 Å². The van der Waals surface area contributed by atoms with Crippen molar-refractivity contribution in [3.8, 4) is 5.75 Å². The van der Waals surface area contributed by atoms with Crippen molar-refractivity contribution < 1.29 is 18.9 Å². The molecule has 0 aliphatic rings. The van der Waals surface area contributed by atoms with Crippen LogP contribution >= 0.6 is 0 Å². The summed E-state index contributed by atoms with van der Waals surface area (Å²) in [6.45, 7) is 3.58. The minimum Gasteiger partial charge on any atom is -0.422 e. The molecule has 0 atom stereocenters. The molecule has 0 unspecified atom stereocenters. The Kier molecular flexibility index (Phi) is 5.12. The second-order valence-corrected chi connectivity index (χ2v) is 6.35. The van der Waals surface area contributed by atoms with Gasteiger partial charge in [-0.1, -0.05) is 12.1 Å². The Morgan fingerprint density at radius 2 is 2.00 bits per heavy atom. The molecule has 8 nitrogen and oxygen atoms in total. The van der Waals surface area contributed by atoms with Crippen molar-refractivity contribution in [2.45, 2.75) is 20.3 Å². The van der Waals surface area contributed by atoms with Crippen LogP contribution in [0, 0.1) is 24.0 Å². The summed E-state index contributed by atoms with van der Waals surface area (Å²) in [5.74, 6) is 0.292. The maximum atomic E-state index is 12.5. The summed E-state index contributed by atoms with van der Waals surface area (Å²) in [7, 11) is 1.45. The molecule has 0 bridgehead atoms. The van der Waals surface area contributed by atoms with E-state index in [1.54, 1.807) is 32.0 Å². The van der Waals surface area contributed by atoms with E-state index in [0.29, 0.717) is 39.0 Å². The van der Waals surface area contributed by atoms with E-state index in [2.05, 4.69) is 5.32 Å². The number of aryl methyl sites for hydroxylation is 2. The number of nitrogens with zero attached hydrogens (tertiary/aromatic N) is 1. The molecule has 28 heavy (non-hydrogen) atoms. The fourth-order valence-electron chi connectivity index (χ4n) is 2.97. The van der Waals surface area contributed by atoms with Gasteiger partial charge in [0.15, 0.2) is 0 Å². The van der Waals surface area contributed by atoms with Crippen molar-refractivity contribution in [1.29, 1.82) is 0 Å². The lowest BCUT2D eigenvalue weighted by molar-refractivity contribution is -0.384. The van der Waals surface area contributed by atoms with Gasteiger partial charge in [-0.25, -0.2) is 9.59 Å². The number of hydrogen-bond donors (Lipinski definition) is 1. The molecule has 8 heteroatoms. The minimum atomic E-state index is -0.621. The van der Waals surface area contributed by atoms with Gasteiger partial charge in [-0.2, -0.15) is 0 Å². The van der Waals surface area contributed by atoms with Crippen LogP contribution in [-0.4, -0.2) is 18.1 Å². The molecule has 0 spiro atoms. The van der Waals surface area contributed by atoms with Gasteiger partial charge >= 0.3 is 11.7 Å². The van der Waals surface area contributed by atoms with E-state index >= 15 is 0 Å². The lowest BCUT2D eigenvalue weighted by Gasteiger charge is -2.11. The van der Waals surface area contributed by atoms with Crippen LogP contribution in [0.15, 0.2) is 45.6 Å². The Morgan fingerprint density at radius 3 is 2.68 bits per heavy atom. The van der Waals surface area contributed by atoms with Crippen molar-refractivity contribution in [2.24, 2.45) is 0 Å². The number of non-ortho nitro benzene ring substituents is 1. The SMILES string of the molecule is CNC(=O)Oc1cc2oc(=O)c(Cc3cccc([N+](=O)[O-])c3)c(C)c2cc1C. The first-order valence-corrected chi connectivity index (χ1v) is 8.50. The average molecular weight is 382 g/mol. The zero-order valence-corrected chi connectivity index (χ0v) is 15.6. The summed E-state index contributed by atoms with van der Waals surface area (Å²) in [5, 5.41) is 14.0. The largest absolute Gasteiger partial charge is 0.422 e. The number of ether oxygens (including phenoxy) is 1. The van der Waals surface area contributed by atoms with Crippen molar-refractivity contribution in [1.82, 2.24) is 5.32 Å². The molecular weight excluding hydrogens is 364 g/mol. The molecule has 3 aromatic rings. The first-order valence-electron chi connectivity index (χ1n) is 8.50. The summed E-state index contributed by atoms with van der Waals surface area (Å²) >= 11 is 0. The number of nitrogens with one attached hydrogen (secondary N) is 1. The fraction of sp³-hybridized carbons (Fsp3) is 0.200. The van der Waals surface area contributed by atoms with Crippen LogP contribution < -0.4 is 15.7 Å². The second-order valence-electron chi connectivity index (χ2n) is 6.35. The van der Waals surface area contributed by atoms with Crippen molar-refractivity contribution in [3.05, 3.63) is 79.2 Å². The lowest BCUT2D eigenvalue weighted by Crippen LogP contribution is -2.22. The molecule has 1 N–H and O–H groups in total. The van der Waals surface area contributed by atoms with Gasteiger partial charge in [0, 0.05) is 42.6 Å². The lowest BCUT2D eigenvalue weighted by atomic mass is 9.98. The van der Waals surface area contributed by atoms with Crippen LogP contribution in [0.1, 0.15) is 22.3 Å². The quantitative estimate of drug-likeness (QED) is 0.419. The Bertz CT molecular complexity index is 1150. The Morgan fingerprint density at radius 1 is 1.25 bits per heavy atom. The minimum absolute atomic E-state index is 0.0350. The van der Waals surface area contributed by atoms with Gasteiger partial charge in [0.1, 0.15) is 11.3 Å². The molecule has 3 rings (SSSR count). The Hall–Kier alpha value is -3.68. The van der Waals surface area contributed by atoms with E-state index in [-0.39, 0.29) is 12.1 Å². The fourth-order valence-corrected chi connectivity index (χ4v) is 2.97. The van der Waals surface area contributed by atoms with Crippen molar-refractivity contribution in [2.75, 3.05) is 7.05 Å². The number of hydrogen-bond acceptors (Lipinski definition) is 6. The third kappa shape index (κ3) is 3.71. The third-order valence-electron chi connectivity index (χ3n) is 4.49. The highest BCUT2D eigenvalue weighted by Gasteiger charge is 2.16. The summed E-state index contributed by atoms with van der Waals surface area (Å²) in [6, 6.07) is 9.43. The number of nitro groups is 1. The van der Waals surface area contributed by atoms with Gasteiger partial charge in [-0.15, -0.1) is 0 Å². The molecule has 0 aliphatic carbocycles. The monoisotopic (exact) mass is 382 g/mol. The van der Waals surface area contributed by atoms with Crippen LogP contribution in [0.2, 0.25) is 0 Å². The van der Waals surface area contributed by atoms with Gasteiger partial charge in [0.2, 0.25) is 0 Å². The molecular formula is C20H18N2O6. The summed E-state index contributed by atoms with van der Waals surface area (Å²) in [4.78, 5) is 34.5. The van der Waals surface area contributed by atoms with E-state index in [0.717, 1.165) is 0 Å². The van der Waals surface area contributed by atoms with E-state index in [1.165, 1.54) is 25.2 Å². The molecule has 144 valence electrons. The number of carbonyl (C=O) groups excluding carboxylic acids is 1. The predicted molar refractivity (Wildman–Crippen MR) is 103 cm³/mol. The number of carbonyl (C=O) groups is 1. The molecule has 1 aromatic heterocycles. The van der Waals surface area contributed by atoms with Crippen LogP contribution in [0.4, 0.5) is 10.5 Å². The molecule has 0 saturated carbocycles. The highest BCUT2D eigenvalue weighted by molar-refractivity contribution is 5.84. The van der Waals surface area contributed by atoms with Crippen LogP contribution in [-0.2, 0) is 6.42 Å². The Balaban J connectivity index is 2.06. The highest BCUT2D eigenvalue weighted by Crippen LogP contribution is 2.29. The first-order chi connectivity index (χ1) is 13.3. The summed E-state index contributed by atoms with van der Waals surface area (Å²) < 4.78 is 10.6. The Labute approximate surface area is 159 Å². The number of fused-ring (bicyclic) bond motifs is 1. The smallest absolute Gasteiger partial charge is 0.412 e. The van der Waals surface area contributed by atoms with Crippen LogP contribution in [0.25, 0.3) is 11.0 Å². The molecule has 2 aromatic carbocycles. The van der Waals surface area contributed by atoms with Gasteiger partial charge in [0.25, 0.3) is 5.69 Å². The number of amides is 1. The first kappa shape index (κ1) is 19.1. The summed E-state index contributed by atoms with van der Waals surface area (Å²) in [5.41, 5.74) is 2.21. The third-order valence-corrected chi connectivity index (χ3v) is 4.49. The van der Waals surface area contributed by atoms with E-state index < -0.39 is 16.6 Å². The van der Waals surface area contributed by atoms with Gasteiger partial charge in [-0.3, -0.25) is 10.1 Å². The molecule has 1 heterocycles. The standard InChI is InChI=1S/C20H18N2O6/c1-11-7-15-12(2)16(9-13-5-4-6-14(8-13)22(25)26)19(23)27-18(15)10-17(11)28-20(24)21-3/h4-8,10H,9H2,1-3H3,(H,21,24). The molecule has 0 aliphatic heterocycles. The molecule has 0 fully saturated rings. The maximum Gasteiger partial charge on any atom is 0.412 e. The van der Waals surface area contributed by atoms with Crippen LogP contribution in [0.3, 0.4) is 0 Å². The topological polar surface area (TPSA) is 112 Å². The predicted octanol–water partition coefficient (Wildman–Crippen LogP) is 3.63. The molecule has 0 radical (unpaired) electrons. The number of rotatable bonds is 4. The normalized spacial score (nSPS) is 10.7. The zero-order valence-electron chi connectivity index (χ0n) is 15.6. The van der Waals surface area contributed by atoms with Gasteiger partial charge in [-0.05, 0) is 36.6 Å². The average Bonchev–Trinajstić information content (AvgIpc) is 2.66. The maximum absolute atomic E-state index is 12.5. The van der Waals surface area contributed by atoms with Crippen molar-refractivity contribution >= 4 is 22.7 Å². The molecule has 0 saturated heterocycles. The molecule has 1 amide bonds. The summed E-state index contributed by atoms with van der Waals surface area (Å²) in [6.07, 6.45) is -0.412. The van der Waals surface area contributed by atoms with E-state index in [9.17, 15) is 19.7 Å². The zero-order chi connectivity index (χ0) is 20.4.